The van der Waals surface area contributed by atoms with Gasteiger partial charge in [0.15, 0.2) is 0 Å². The van der Waals surface area contributed by atoms with Crippen LogP contribution in [0.1, 0.15) is 78.7 Å². The highest BCUT2D eigenvalue weighted by Gasteiger charge is 2.27. The van der Waals surface area contributed by atoms with Gasteiger partial charge in [-0.3, -0.25) is 9.59 Å². The predicted molar refractivity (Wildman–Crippen MR) is 146 cm³/mol. The van der Waals surface area contributed by atoms with Crippen molar-refractivity contribution in [2.45, 2.75) is 79.6 Å². The van der Waals surface area contributed by atoms with Gasteiger partial charge in [0, 0.05) is 31.7 Å². The number of hydrogen-bond acceptors (Lipinski definition) is 4. The minimum Gasteiger partial charge on any atom is -0.312 e. The molecule has 4 rings (SSSR count). The second kappa shape index (κ2) is 13.0. The molecule has 0 N–H and O–H groups in total. The van der Waals surface area contributed by atoms with Gasteiger partial charge in [0.25, 0.3) is 0 Å². The first kappa shape index (κ1) is 27.9. The van der Waals surface area contributed by atoms with E-state index >= 15 is 0 Å². The molecule has 3 aliphatic rings. The van der Waals surface area contributed by atoms with E-state index in [4.69, 9.17) is 0 Å². The maximum atomic E-state index is 12.3. The summed E-state index contributed by atoms with van der Waals surface area (Å²) in [5, 5.41) is 0. The predicted octanol–water partition coefficient (Wildman–Crippen LogP) is 5.42. The van der Waals surface area contributed by atoms with Crippen LogP contribution in [0.2, 0.25) is 0 Å². The van der Waals surface area contributed by atoms with Crippen LogP contribution in [0.25, 0.3) is 0 Å². The van der Waals surface area contributed by atoms with Gasteiger partial charge < -0.3 is 14.7 Å². The average Bonchev–Trinajstić information content (AvgIpc) is 2.82. The smallest absolute Gasteiger partial charge is 0.234 e. The summed E-state index contributed by atoms with van der Waals surface area (Å²) in [7, 11) is 0. The molecular formula is C30H49N3O2. The van der Waals surface area contributed by atoms with Crippen LogP contribution >= 0.6 is 0 Å². The van der Waals surface area contributed by atoms with Gasteiger partial charge in [0.2, 0.25) is 5.91 Å². The highest BCUT2D eigenvalue weighted by atomic mass is 16.2. The molecule has 0 aromatic heterocycles. The molecule has 3 saturated heterocycles. The fourth-order valence-electron chi connectivity index (χ4n) is 5.91. The molecule has 1 aromatic carbocycles. The molecule has 0 unspecified atom stereocenters. The average molecular weight is 484 g/mol. The summed E-state index contributed by atoms with van der Waals surface area (Å²) in [4.78, 5) is 31.0. The zero-order valence-corrected chi connectivity index (χ0v) is 23.0. The Bertz CT molecular complexity index is 815. The van der Waals surface area contributed by atoms with Crippen LogP contribution in [-0.4, -0.2) is 67.3 Å². The van der Waals surface area contributed by atoms with Crippen molar-refractivity contribution in [1.82, 2.24) is 9.80 Å². The molecule has 196 valence electrons. The van der Waals surface area contributed by atoms with E-state index in [1.165, 1.54) is 70.5 Å². The molecule has 3 aliphatic heterocycles. The van der Waals surface area contributed by atoms with E-state index in [2.05, 4.69) is 48.8 Å². The van der Waals surface area contributed by atoms with Gasteiger partial charge in [0.05, 0.1) is 6.42 Å². The third-order valence-electron chi connectivity index (χ3n) is 7.64. The lowest BCUT2D eigenvalue weighted by Gasteiger charge is -2.39. The fourth-order valence-corrected chi connectivity index (χ4v) is 5.91. The van der Waals surface area contributed by atoms with Crippen molar-refractivity contribution in [2.24, 2.45) is 17.3 Å². The van der Waals surface area contributed by atoms with Gasteiger partial charge in [-0.1, -0.05) is 46.8 Å². The Morgan fingerprint density at radius 1 is 0.857 bits per heavy atom. The van der Waals surface area contributed by atoms with Crippen LogP contribution in [0.15, 0.2) is 24.3 Å². The number of Topliss-reactive ketones (excluding diaryl/α,β-unsaturated/α-hetero) is 1. The third kappa shape index (κ3) is 8.71. The Kier molecular flexibility index (Phi) is 10.4. The van der Waals surface area contributed by atoms with Crippen molar-refractivity contribution in [3.63, 3.8) is 0 Å². The van der Waals surface area contributed by atoms with Crippen molar-refractivity contribution in [3.05, 3.63) is 29.8 Å². The van der Waals surface area contributed by atoms with E-state index in [0.29, 0.717) is 18.4 Å². The number of ketones is 1. The lowest BCUT2D eigenvalue weighted by Crippen LogP contribution is -2.43. The molecule has 1 amide bonds. The zero-order chi connectivity index (χ0) is 25.4. The quantitative estimate of drug-likeness (QED) is 0.507. The molecule has 5 nitrogen and oxygen atoms in total. The number of benzene rings is 1. The number of hydrogen-bond donors (Lipinski definition) is 0. The first-order valence-electron chi connectivity index (χ1n) is 14.1. The van der Waals surface area contributed by atoms with Crippen LogP contribution in [0.4, 0.5) is 5.69 Å². The summed E-state index contributed by atoms with van der Waals surface area (Å²) in [6, 6.07) is 8.44. The fraction of sp³-hybridized carbons (Fsp3) is 0.733. The highest BCUT2D eigenvalue weighted by Crippen LogP contribution is 2.28. The van der Waals surface area contributed by atoms with E-state index in [1.54, 1.807) is 4.90 Å². The molecule has 0 aliphatic carbocycles. The van der Waals surface area contributed by atoms with E-state index in [-0.39, 0.29) is 18.1 Å². The summed E-state index contributed by atoms with van der Waals surface area (Å²) in [5.41, 5.74) is 2.68. The molecule has 3 heterocycles. The lowest BCUT2D eigenvalue weighted by molar-refractivity contribution is -0.128. The summed E-state index contributed by atoms with van der Waals surface area (Å²) in [6.07, 6.45) is 6.86. The molecule has 0 spiro atoms. The minimum absolute atomic E-state index is 0.0539. The highest BCUT2D eigenvalue weighted by molar-refractivity contribution is 6.08. The van der Waals surface area contributed by atoms with E-state index < -0.39 is 0 Å². The van der Waals surface area contributed by atoms with Crippen LogP contribution in [0.3, 0.4) is 0 Å². The molecule has 0 radical (unpaired) electrons. The lowest BCUT2D eigenvalue weighted by atomic mass is 9.88. The summed E-state index contributed by atoms with van der Waals surface area (Å²) in [5.74, 6) is 1.60. The first-order chi connectivity index (χ1) is 16.7. The number of amides is 1. The topological polar surface area (TPSA) is 43.9 Å². The monoisotopic (exact) mass is 483 g/mol. The number of nitrogens with zero attached hydrogens (tertiary/aromatic N) is 3. The van der Waals surface area contributed by atoms with Crippen LogP contribution in [-0.2, 0) is 16.0 Å². The molecular weight excluding hydrogens is 434 g/mol. The van der Waals surface area contributed by atoms with E-state index in [9.17, 15) is 9.59 Å². The van der Waals surface area contributed by atoms with Crippen molar-refractivity contribution < 1.29 is 9.59 Å². The molecule has 0 atom stereocenters. The number of rotatable bonds is 6. The van der Waals surface area contributed by atoms with Gasteiger partial charge in [-0.2, -0.15) is 0 Å². The Hall–Kier alpha value is -1.72. The van der Waals surface area contributed by atoms with Gasteiger partial charge in [-0.05, 0) is 93.2 Å². The minimum atomic E-state index is -0.0547. The molecule has 1 aromatic rings. The molecule has 3 fully saturated rings. The number of piperidine rings is 3. The Morgan fingerprint density at radius 3 is 2.11 bits per heavy atom. The Labute approximate surface area is 214 Å². The van der Waals surface area contributed by atoms with Crippen molar-refractivity contribution in [2.75, 3.05) is 50.7 Å². The molecule has 5 heteroatoms. The van der Waals surface area contributed by atoms with Gasteiger partial charge >= 0.3 is 0 Å². The molecule has 0 saturated carbocycles. The number of carbonyl (C=O) groups excluding carboxylic acids is 2. The van der Waals surface area contributed by atoms with E-state index in [0.717, 1.165) is 23.9 Å². The SMILES string of the molecule is CC.CC(C)(C)CN1CCC(CN2CCC(Cc3cccc(N4CCC(=O)CC4=O)c3)CC2)CC1. The van der Waals surface area contributed by atoms with Crippen molar-refractivity contribution >= 4 is 17.4 Å². The van der Waals surface area contributed by atoms with Crippen LogP contribution < -0.4 is 4.90 Å². The normalized spacial score (nSPS) is 21.7. The molecule has 0 bridgehead atoms. The third-order valence-corrected chi connectivity index (χ3v) is 7.64. The van der Waals surface area contributed by atoms with Gasteiger partial charge in [-0.25, -0.2) is 0 Å². The standard InChI is InChI=1S/C28H43N3O2.C2H6/c1-28(2,3)21-30-14-9-23(10-15-30)20-29-12-7-22(8-13-29)17-24-5-4-6-25(18-24)31-16-11-26(32)19-27(31)33;1-2/h4-6,18,22-23H,7-17,19-21H2,1-3H3;1-2H3. The first-order valence-corrected chi connectivity index (χ1v) is 14.1. The second-order valence-electron chi connectivity index (χ2n) is 11.9. The largest absolute Gasteiger partial charge is 0.312 e. The summed E-state index contributed by atoms with van der Waals surface area (Å²) in [6.45, 7) is 19.0. The maximum Gasteiger partial charge on any atom is 0.234 e. The molecule has 35 heavy (non-hydrogen) atoms. The summed E-state index contributed by atoms with van der Waals surface area (Å²) < 4.78 is 0. The second-order valence-corrected chi connectivity index (χ2v) is 11.9. The van der Waals surface area contributed by atoms with Gasteiger partial charge in [0.1, 0.15) is 5.78 Å². The number of anilines is 1. The Morgan fingerprint density at radius 2 is 1.49 bits per heavy atom. The number of likely N-dealkylation sites (tertiary alicyclic amines) is 2. The van der Waals surface area contributed by atoms with Crippen molar-refractivity contribution in [1.29, 1.82) is 0 Å². The van der Waals surface area contributed by atoms with Crippen LogP contribution in [0.5, 0.6) is 0 Å². The Balaban J connectivity index is 0.00000167. The number of carbonyl (C=O) groups is 2. The van der Waals surface area contributed by atoms with Gasteiger partial charge in [-0.15, -0.1) is 0 Å². The van der Waals surface area contributed by atoms with Crippen molar-refractivity contribution in [3.8, 4) is 0 Å². The van der Waals surface area contributed by atoms with Crippen LogP contribution in [0, 0.1) is 17.3 Å². The van der Waals surface area contributed by atoms with E-state index in [1.807, 2.05) is 19.9 Å². The zero-order valence-electron chi connectivity index (χ0n) is 23.0. The summed E-state index contributed by atoms with van der Waals surface area (Å²) >= 11 is 0. The maximum absolute atomic E-state index is 12.3.